The molecule has 0 heterocycles. The Hall–Kier alpha value is -0.150. The van der Waals surface area contributed by atoms with E-state index in [-0.39, 0.29) is 4.90 Å². The SMILES string of the molecule is CCNCc1cc(Br)cc(S(=O)(=O)N(C)CCSC)c1F. The molecule has 0 fully saturated rings. The molecule has 0 radical (unpaired) electrons. The summed E-state index contributed by atoms with van der Waals surface area (Å²) in [6, 6.07) is 2.91. The fraction of sp³-hybridized carbons (Fsp3) is 0.538. The predicted molar refractivity (Wildman–Crippen MR) is 89.7 cm³/mol. The molecule has 1 aromatic carbocycles. The van der Waals surface area contributed by atoms with Crippen molar-refractivity contribution in [2.45, 2.75) is 18.4 Å². The molecule has 0 amide bonds. The average molecular weight is 399 g/mol. The van der Waals surface area contributed by atoms with Crippen LogP contribution in [0.5, 0.6) is 0 Å². The molecule has 0 unspecified atom stereocenters. The van der Waals surface area contributed by atoms with Gasteiger partial charge in [0, 0.05) is 35.9 Å². The summed E-state index contributed by atoms with van der Waals surface area (Å²) in [4.78, 5) is -0.284. The molecular formula is C13H20BrFN2O2S2. The number of benzene rings is 1. The topological polar surface area (TPSA) is 49.4 Å². The maximum atomic E-state index is 14.5. The van der Waals surface area contributed by atoms with Gasteiger partial charge in [0.1, 0.15) is 10.7 Å². The predicted octanol–water partition coefficient (Wildman–Crippen LogP) is 2.68. The van der Waals surface area contributed by atoms with Crippen molar-refractivity contribution in [1.82, 2.24) is 9.62 Å². The van der Waals surface area contributed by atoms with Gasteiger partial charge in [-0.3, -0.25) is 0 Å². The maximum absolute atomic E-state index is 14.5. The van der Waals surface area contributed by atoms with Crippen molar-refractivity contribution in [3.8, 4) is 0 Å². The van der Waals surface area contributed by atoms with Gasteiger partial charge in [-0.1, -0.05) is 22.9 Å². The molecular weight excluding hydrogens is 379 g/mol. The monoisotopic (exact) mass is 398 g/mol. The third-order valence-electron chi connectivity index (χ3n) is 2.94. The molecule has 0 aromatic heterocycles. The van der Waals surface area contributed by atoms with Crippen LogP contribution in [0.1, 0.15) is 12.5 Å². The van der Waals surface area contributed by atoms with Crippen LogP contribution in [0, 0.1) is 5.82 Å². The lowest BCUT2D eigenvalue weighted by atomic mass is 10.2. The maximum Gasteiger partial charge on any atom is 0.245 e. The number of nitrogens with one attached hydrogen (secondary N) is 1. The second kappa shape index (κ2) is 8.47. The molecule has 0 atom stereocenters. The summed E-state index contributed by atoms with van der Waals surface area (Å²) >= 11 is 4.80. The van der Waals surface area contributed by atoms with E-state index in [2.05, 4.69) is 21.2 Å². The molecule has 4 nitrogen and oxygen atoms in total. The van der Waals surface area contributed by atoms with E-state index in [1.807, 2.05) is 13.2 Å². The highest BCUT2D eigenvalue weighted by Crippen LogP contribution is 2.26. The first-order valence-electron chi connectivity index (χ1n) is 6.48. The molecule has 8 heteroatoms. The van der Waals surface area contributed by atoms with Gasteiger partial charge < -0.3 is 5.32 Å². The van der Waals surface area contributed by atoms with E-state index in [1.165, 1.54) is 17.4 Å². The van der Waals surface area contributed by atoms with Crippen molar-refractivity contribution >= 4 is 37.7 Å². The standard InChI is InChI=1S/C13H20BrFN2O2S2/c1-4-16-9-10-7-11(14)8-12(13(10)15)21(18,19)17(2)5-6-20-3/h7-8,16H,4-6,9H2,1-3H3. The minimum atomic E-state index is -3.82. The summed E-state index contributed by atoms with van der Waals surface area (Å²) in [6.07, 6.45) is 1.90. The lowest BCUT2D eigenvalue weighted by molar-refractivity contribution is 0.477. The molecule has 0 aliphatic rings. The van der Waals surface area contributed by atoms with E-state index < -0.39 is 15.8 Å². The van der Waals surface area contributed by atoms with Gasteiger partial charge in [0.05, 0.1) is 0 Å². The van der Waals surface area contributed by atoms with Crippen molar-refractivity contribution in [1.29, 1.82) is 0 Å². The van der Waals surface area contributed by atoms with Crippen LogP contribution in [-0.4, -0.2) is 44.9 Å². The third-order valence-corrected chi connectivity index (χ3v) is 5.85. The van der Waals surface area contributed by atoms with E-state index in [1.54, 1.807) is 17.8 Å². The molecule has 0 spiro atoms. The second-order valence-corrected chi connectivity index (χ2v) is 8.39. The Labute approximate surface area is 138 Å². The Kier molecular flexibility index (Phi) is 7.63. The van der Waals surface area contributed by atoms with Gasteiger partial charge in [-0.15, -0.1) is 0 Å². The first-order chi connectivity index (χ1) is 9.84. The molecule has 0 saturated heterocycles. The summed E-state index contributed by atoms with van der Waals surface area (Å²) in [5.41, 5.74) is 0.336. The molecule has 0 bridgehead atoms. The van der Waals surface area contributed by atoms with E-state index in [0.29, 0.717) is 35.4 Å². The van der Waals surface area contributed by atoms with Crippen LogP contribution < -0.4 is 5.32 Å². The molecule has 21 heavy (non-hydrogen) atoms. The van der Waals surface area contributed by atoms with Crippen LogP contribution in [0.15, 0.2) is 21.5 Å². The third kappa shape index (κ3) is 4.92. The van der Waals surface area contributed by atoms with Gasteiger partial charge in [-0.2, -0.15) is 11.8 Å². The van der Waals surface area contributed by atoms with Gasteiger partial charge in [0.2, 0.25) is 10.0 Å². The van der Waals surface area contributed by atoms with Crippen LogP contribution >= 0.6 is 27.7 Å². The Bertz CT molecular complexity index is 582. The number of hydrogen-bond donors (Lipinski definition) is 1. The minimum absolute atomic E-state index is 0.284. The van der Waals surface area contributed by atoms with Crippen LogP contribution in [-0.2, 0) is 16.6 Å². The Morgan fingerprint density at radius 1 is 1.43 bits per heavy atom. The molecule has 1 aromatic rings. The lowest BCUT2D eigenvalue weighted by Crippen LogP contribution is -2.30. The Morgan fingerprint density at radius 3 is 2.67 bits per heavy atom. The highest BCUT2D eigenvalue weighted by atomic mass is 79.9. The van der Waals surface area contributed by atoms with Crippen molar-refractivity contribution < 1.29 is 12.8 Å². The van der Waals surface area contributed by atoms with Crippen LogP contribution in [0.4, 0.5) is 4.39 Å². The van der Waals surface area contributed by atoms with Crippen molar-refractivity contribution in [3.63, 3.8) is 0 Å². The number of rotatable bonds is 8. The average Bonchev–Trinajstić information content (AvgIpc) is 2.44. The summed E-state index contributed by atoms with van der Waals surface area (Å²) < 4.78 is 41.2. The van der Waals surface area contributed by atoms with E-state index >= 15 is 0 Å². The molecule has 0 saturated carbocycles. The van der Waals surface area contributed by atoms with Crippen LogP contribution in [0.25, 0.3) is 0 Å². The van der Waals surface area contributed by atoms with Crippen LogP contribution in [0.2, 0.25) is 0 Å². The number of halogens is 2. The zero-order chi connectivity index (χ0) is 16.0. The molecule has 1 rings (SSSR count). The van der Waals surface area contributed by atoms with Gasteiger partial charge in [0.15, 0.2) is 0 Å². The summed E-state index contributed by atoms with van der Waals surface area (Å²) in [5, 5.41) is 3.00. The summed E-state index contributed by atoms with van der Waals surface area (Å²) in [6.45, 7) is 3.22. The lowest BCUT2D eigenvalue weighted by Gasteiger charge is -2.18. The number of hydrogen-bond acceptors (Lipinski definition) is 4. The van der Waals surface area contributed by atoms with Crippen molar-refractivity contribution in [2.24, 2.45) is 0 Å². The Morgan fingerprint density at radius 2 is 2.10 bits per heavy atom. The first-order valence-corrected chi connectivity index (χ1v) is 10.1. The van der Waals surface area contributed by atoms with Gasteiger partial charge in [-0.25, -0.2) is 17.1 Å². The zero-order valence-electron chi connectivity index (χ0n) is 12.3. The van der Waals surface area contributed by atoms with Crippen molar-refractivity contribution in [3.05, 3.63) is 28.0 Å². The fourth-order valence-corrected chi connectivity index (χ4v) is 4.23. The first kappa shape index (κ1) is 18.9. The highest BCUT2D eigenvalue weighted by molar-refractivity contribution is 9.10. The van der Waals surface area contributed by atoms with E-state index in [0.717, 1.165) is 0 Å². The minimum Gasteiger partial charge on any atom is -0.313 e. The van der Waals surface area contributed by atoms with Crippen LogP contribution in [0.3, 0.4) is 0 Å². The molecule has 0 aliphatic carbocycles. The quantitative estimate of drug-likeness (QED) is 0.731. The van der Waals surface area contributed by atoms with E-state index in [9.17, 15) is 12.8 Å². The molecule has 1 N–H and O–H groups in total. The summed E-state index contributed by atoms with van der Waals surface area (Å²) in [7, 11) is -2.36. The molecule has 0 aliphatic heterocycles. The van der Waals surface area contributed by atoms with E-state index in [4.69, 9.17) is 0 Å². The zero-order valence-corrected chi connectivity index (χ0v) is 15.5. The number of sulfonamides is 1. The van der Waals surface area contributed by atoms with Gasteiger partial charge in [-0.05, 0) is 24.9 Å². The van der Waals surface area contributed by atoms with Crippen molar-refractivity contribution in [2.75, 3.05) is 32.1 Å². The number of nitrogens with zero attached hydrogens (tertiary/aromatic N) is 1. The normalized spacial score (nSPS) is 12.1. The van der Waals surface area contributed by atoms with Gasteiger partial charge >= 0.3 is 0 Å². The highest BCUT2D eigenvalue weighted by Gasteiger charge is 2.26. The second-order valence-electron chi connectivity index (χ2n) is 4.48. The van der Waals surface area contributed by atoms with Gasteiger partial charge in [0.25, 0.3) is 0 Å². The molecule has 120 valence electrons. The number of thioether (sulfide) groups is 1. The summed E-state index contributed by atoms with van der Waals surface area (Å²) in [5.74, 6) is -0.0227. The fourth-order valence-electron chi connectivity index (χ4n) is 1.70. The smallest absolute Gasteiger partial charge is 0.245 e. The largest absolute Gasteiger partial charge is 0.313 e. The Balaban J connectivity index is 3.19.